The predicted octanol–water partition coefficient (Wildman–Crippen LogP) is 3.27. The summed E-state index contributed by atoms with van der Waals surface area (Å²) in [4.78, 5) is 26.5. The number of urea groups is 1. The van der Waals surface area contributed by atoms with E-state index in [1.54, 1.807) is 0 Å². The average Bonchev–Trinajstić information content (AvgIpc) is 3.49. The lowest BCUT2D eigenvalue weighted by atomic mass is 9.96. The summed E-state index contributed by atoms with van der Waals surface area (Å²) in [7, 11) is 0. The summed E-state index contributed by atoms with van der Waals surface area (Å²) in [5.41, 5.74) is 1.72. The Hall–Kier alpha value is -2.24. The number of rotatable bonds is 3. The molecule has 0 saturated heterocycles. The highest BCUT2D eigenvalue weighted by atomic mass is 16.5. The number of nitrogens with one attached hydrogen (secondary N) is 2. The first kappa shape index (κ1) is 17.2. The Kier molecular flexibility index (Phi) is 5.00. The van der Waals surface area contributed by atoms with Gasteiger partial charge in [-0.2, -0.15) is 0 Å². The van der Waals surface area contributed by atoms with Gasteiger partial charge in [0.1, 0.15) is 12.4 Å². The van der Waals surface area contributed by atoms with E-state index in [1.165, 1.54) is 19.3 Å². The Morgan fingerprint density at radius 3 is 2.65 bits per heavy atom. The SMILES string of the molecule is O=C(Nc1ccc2c(c1)CN(C(=O)NC1CCCCC1)CCO2)C1CC1. The predicted molar refractivity (Wildman–Crippen MR) is 99.1 cm³/mol. The lowest BCUT2D eigenvalue weighted by molar-refractivity contribution is -0.117. The number of amides is 3. The van der Waals surface area contributed by atoms with E-state index >= 15 is 0 Å². The van der Waals surface area contributed by atoms with Crippen LogP contribution in [0.1, 0.15) is 50.5 Å². The maximum Gasteiger partial charge on any atom is 0.318 e. The fourth-order valence-corrected chi connectivity index (χ4v) is 3.75. The second-order valence-electron chi connectivity index (χ2n) is 7.64. The third kappa shape index (κ3) is 4.11. The van der Waals surface area contributed by atoms with Gasteiger partial charge in [0.25, 0.3) is 0 Å². The third-order valence-electron chi connectivity index (χ3n) is 5.48. The average molecular weight is 357 g/mol. The number of ether oxygens (including phenoxy) is 1. The first-order valence-corrected chi connectivity index (χ1v) is 9.81. The van der Waals surface area contributed by atoms with Gasteiger partial charge in [0, 0.05) is 23.2 Å². The van der Waals surface area contributed by atoms with E-state index in [4.69, 9.17) is 4.74 Å². The van der Waals surface area contributed by atoms with Gasteiger partial charge in [-0.15, -0.1) is 0 Å². The minimum atomic E-state index is -0.0132. The summed E-state index contributed by atoms with van der Waals surface area (Å²) < 4.78 is 5.80. The van der Waals surface area contributed by atoms with Crippen LogP contribution in [0.25, 0.3) is 0 Å². The quantitative estimate of drug-likeness (QED) is 0.872. The molecule has 0 unspecified atom stereocenters. The van der Waals surface area contributed by atoms with Crippen molar-refractivity contribution in [1.29, 1.82) is 0 Å². The Balaban J connectivity index is 1.42. The Morgan fingerprint density at radius 2 is 1.88 bits per heavy atom. The zero-order valence-corrected chi connectivity index (χ0v) is 15.1. The van der Waals surface area contributed by atoms with E-state index in [1.807, 2.05) is 23.1 Å². The molecule has 1 aromatic carbocycles. The van der Waals surface area contributed by atoms with Crippen LogP contribution in [0.4, 0.5) is 10.5 Å². The Labute approximate surface area is 154 Å². The number of nitrogens with zero attached hydrogens (tertiary/aromatic N) is 1. The maximum atomic E-state index is 12.7. The van der Waals surface area contributed by atoms with Crippen LogP contribution in [-0.2, 0) is 11.3 Å². The fourth-order valence-electron chi connectivity index (χ4n) is 3.75. The number of hydrogen-bond acceptors (Lipinski definition) is 3. The van der Waals surface area contributed by atoms with Crippen LogP contribution in [-0.4, -0.2) is 36.0 Å². The molecule has 1 aliphatic heterocycles. The van der Waals surface area contributed by atoms with Crippen molar-refractivity contribution >= 4 is 17.6 Å². The monoisotopic (exact) mass is 357 g/mol. The molecule has 26 heavy (non-hydrogen) atoms. The molecule has 2 aliphatic carbocycles. The van der Waals surface area contributed by atoms with Gasteiger partial charge >= 0.3 is 6.03 Å². The molecule has 140 valence electrons. The van der Waals surface area contributed by atoms with E-state index in [9.17, 15) is 9.59 Å². The van der Waals surface area contributed by atoms with Gasteiger partial charge < -0.3 is 20.3 Å². The van der Waals surface area contributed by atoms with E-state index in [-0.39, 0.29) is 17.9 Å². The zero-order chi connectivity index (χ0) is 17.9. The molecule has 3 amide bonds. The van der Waals surface area contributed by atoms with Crippen molar-refractivity contribution in [2.45, 2.75) is 57.5 Å². The minimum absolute atomic E-state index is 0.0132. The number of fused-ring (bicyclic) bond motifs is 1. The first-order valence-electron chi connectivity index (χ1n) is 9.81. The molecule has 0 atom stereocenters. The largest absolute Gasteiger partial charge is 0.491 e. The fraction of sp³-hybridized carbons (Fsp3) is 0.600. The zero-order valence-electron chi connectivity index (χ0n) is 15.1. The molecule has 6 heteroatoms. The second kappa shape index (κ2) is 7.56. The van der Waals surface area contributed by atoms with E-state index in [2.05, 4.69) is 10.6 Å². The number of carbonyl (C=O) groups is 2. The highest BCUT2D eigenvalue weighted by Gasteiger charge is 2.30. The van der Waals surface area contributed by atoms with Gasteiger partial charge in [-0.05, 0) is 43.9 Å². The highest BCUT2D eigenvalue weighted by molar-refractivity contribution is 5.94. The molecular weight excluding hydrogens is 330 g/mol. The van der Waals surface area contributed by atoms with Gasteiger partial charge in [-0.3, -0.25) is 4.79 Å². The van der Waals surface area contributed by atoms with Crippen molar-refractivity contribution in [2.24, 2.45) is 5.92 Å². The molecule has 4 rings (SSSR count). The topological polar surface area (TPSA) is 70.7 Å². The molecule has 0 spiro atoms. The third-order valence-corrected chi connectivity index (χ3v) is 5.48. The molecule has 6 nitrogen and oxygen atoms in total. The van der Waals surface area contributed by atoms with Crippen LogP contribution in [0.5, 0.6) is 5.75 Å². The lowest BCUT2D eigenvalue weighted by Gasteiger charge is -2.27. The van der Waals surface area contributed by atoms with Gasteiger partial charge in [0.2, 0.25) is 5.91 Å². The van der Waals surface area contributed by atoms with Gasteiger partial charge in [-0.1, -0.05) is 19.3 Å². The maximum absolute atomic E-state index is 12.7. The second-order valence-corrected chi connectivity index (χ2v) is 7.64. The number of benzene rings is 1. The number of hydrogen-bond donors (Lipinski definition) is 2. The smallest absolute Gasteiger partial charge is 0.318 e. The number of carbonyl (C=O) groups excluding carboxylic acids is 2. The lowest BCUT2D eigenvalue weighted by Crippen LogP contribution is -2.45. The Morgan fingerprint density at radius 1 is 1.08 bits per heavy atom. The van der Waals surface area contributed by atoms with Crippen molar-refractivity contribution < 1.29 is 14.3 Å². The van der Waals surface area contributed by atoms with Crippen LogP contribution in [0.3, 0.4) is 0 Å². The van der Waals surface area contributed by atoms with Crippen LogP contribution in [0.15, 0.2) is 18.2 Å². The summed E-state index contributed by atoms with van der Waals surface area (Å²) in [5, 5.41) is 6.15. The summed E-state index contributed by atoms with van der Waals surface area (Å²) in [5.74, 6) is 1.05. The molecular formula is C20H27N3O3. The standard InChI is InChI=1S/C20H27N3O3/c24-19(14-6-7-14)21-17-8-9-18-15(12-17)13-23(10-11-26-18)20(25)22-16-4-2-1-3-5-16/h8-9,12,14,16H,1-7,10-11,13H2,(H,21,24)(H,22,25). The Bertz CT molecular complexity index is 681. The van der Waals surface area contributed by atoms with Crippen LogP contribution in [0, 0.1) is 5.92 Å². The van der Waals surface area contributed by atoms with Gasteiger partial charge in [0.05, 0.1) is 13.1 Å². The number of anilines is 1. The molecule has 1 aromatic rings. The van der Waals surface area contributed by atoms with Crippen LogP contribution >= 0.6 is 0 Å². The van der Waals surface area contributed by atoms with Crippen LogP contribution in [0.2, 0.25) is 0 Å². The summed E-state index contributed by atoms with van der Waals surface area (Å²) in [6.45, 7) is 1.55. The highest BCUT2D eigenvalue weighted by Crippen LogP contribution is 2.31. The molecule has 2 saturated carbocycles. The summed E-state index contributed by atoms with van der Waals surface area (Å²) in [6, 6.07) is 5.98. The molecule has 1 heterocycles. The van der Waals surface area contributed by atoms with Crippen molar-refractivity contribution in [3.8, 4) is 5.75 Å². The molecule has 0 bridgehead atoms. The van der Waals surface area contributed by atoms with E-state index < -0.39 is 0 Å². The molecule has 0 radical (unpaired) electrons. The summed E-state index contributed by atoms with van der Waals surface area (Å²) >= 11 is 0. The van der Waals surface area contributed by atoms with E-state index in [0.717, 1.165) is 42.7 Å². The van der Waals surface area contributed by atoms with Gasteiger partial charge in [-0.25, -0.2) is 4.79 Å². The summed E-state index contributed by atoms with van der Waals surface area (Å²) in [6.07, 6.45) is 7.77. The van der Waals surface area contributed by atoms with Crippen molar-refractivity contribution in [3.63, 3.8) is 0 Å². The molecule has 2 N–H and O–H groups in total. The molecule has 2 fully saturated rings. The van der Waals surface area contributed by atoms with Crippen molar-refractivity contribution in [3.05, 3.63) is 23.8 Å². The van der Waals surface area contributed by atoms with Crippen molar-refractivity contribution in [1.82, 2.24) is 10.2 Å². The van der Waals surface area contributed by atoms with Crippen molar-refractivity contribution in [2.75, 3.05) is 18.5 Å². The van der Waals surface area contributed by atoms with Crippen LogP contribution < -0.4 is 15.4 Å². The van der Waals surface area contributed by atoms with E-state index in [0.29, 0.717) is 25.7 Å². The minimum Gasteiger partial charge on any atom is -0.491 e. The molecule has 3 aliphatic rings. The first-order chi connectivity index (χ1) is 12.7. The molecule has 0 aromatic heterocycles. The normalized spacial score (nSPS) is 20.5. The van der Waals surface area contributed by atoms with Gasteiger partial charge in [0.15, 0.2) is 0 Å².